The van der Waals surface area contributed by atoms with Crippen LogP contribution < -0.4 is 5.32 Å². The summed E-state index contributed by atoms with van der Waals surface area (Å²) in [6.45, 7) is 5.30. The van der Waals surface area contributed by atoms with E-state index in [0.29, 0.717) is 5.92 Å². The lowest BCUT2D eigenvalue weighted by molar-refractivity contribution is 0.176. The van der Waals surface area contributed by atoms with Gasteiger partial charge in [-0.3, -0.25) is 4.98 Å². The molecule has 0 saturated heterocycles. The third-order valence-electron chi connectivity index (χ3n) is 4.43. The van der Waals surface area contributed by atoms with Crippen LogP contribution in [0.25, 0.3) is 0 Å². The van der Waals surface area contributed by atoms with Gasteiger partial charge in [0.2, 0.25) is 0 Å². The Morgan fingerprint density at radius 1 is 1.32 bits per heavy atom. The molecule has 2 rings (SSSR count). The molecule has 1 heterocycles. The molecular formula is C16H25FN2. The fourth-order valence-electron chi connectivity index (χ4n) is 3.52. The molecule has 0 aromatic carbocycles. The predicted octanol–water partition coefficient (Wildman–Crippen LogP) is 4.09. The molecule has 3 heteroatoms. The van der Waals surface area contributed by atoms with Crippen LogP contribution in [-0.4, -0.2) is 11.5 Å². The number of nitrogens with zero attached hydrogens (tertiary/aromatic N) is 1. The molecule has 1 N–H and O–H groups in total. The number of hydrogen-bond acceptors (Lipinski definition) is 2. The molecule has 1 fully saturated rings. The fraction of sp³-hybridized carbons (Fsp3) is 0.688. The number of nitrogens with one attached hydrogen (secondary N) is 1. The Kier molecular flexibility index (Phi) is 5.32. The van der Waals surface area contributed by atoms with Crippen molar-refractivity contribution in [2.75, 3.05) is 6.54 Å². The second-order valence-corrected chi connectivity index (χ2v) is 5.59. The van der Waals surface area contributed by atoms with Crippen LogP contribution in [0.3, 0.4) is 0 Å². The van der Waals surface area contributed by atoms with Crippen molar-refractivity contribution in [3.63, 3.8) is 0 Å². The molecule has 0 bridgehead atoms. The summed E-state index contributed by atoms with van der Waals surface area (Å²) in [6, 6.07) is 1.89. The van der Waals surface area contributed by atoms with E-state index in [9.17, 15) is 4.39 Å². The average molecular weight is 264 g/mol. The quantitative estimate of drug-likeness (QED) is 0.866. The summed E-state index contributed by atoms with van der Waals surface area (Å²) in [5, 5.41) is 3.55. The lowest BCUT2D eigenvalue weighted by Crippen LogP contribution is -2.34. The van der Waals surface area contributed by atoms with Gasteiger partial charge in [-0.05, 0) is 36.4 Å². The van der Waals surface area contributed by atoms with Crippen LogP contribution in [0.1, 0.15) is 57.6 Å². The van der Waals surface area contributed by atoms with E-state index in [2.05, 4.69) is 24.1 Å². The lowest BCUT2D eigenvalue weighted by Gasteiger charge is -2.37. The van der Waals surface area contributed by atoms with Crippen LogP contribution in [-0.2, 0) is 0 Å². The third kappa shape index (κ3) is 3.53. The molecule has 3 unspecified atom stereocenters. The Hall–Kier alpha value is -0.960. The van der Waals surface area contributed by atoms with Crippen molar-refractivity contribution in [2.24, 2.45) is 11.8 Å². The van der Waals surface area contributed by atoms with Gasteiger partial charge < -0.3 is 5.32 Å². The van der Waals surface area contributed by atoms with Crippen molar-refractivity contribution in [3.05, 3.63) is 29.8 Å². The molecule has 1 aliphatic carbocycles. The van der Waals surface area contributed by atoms with Gasteiger partial charge >= 0.3 is 0 Å². The summed E-state index contributed by atoms with van der Waals surface area (Å²) < 4.78 is 13.4. The standard InChI is InChI=1S/C16H25FN2/c1-3-12-7-5-6-8-15(12)16(19-4-2)13-9-14(17)11-18-10-13/h9-12,15-16,19H,3-8H2,1-2H3. The molecule has 3 atom stereocenters. The van der Waals surface area contributed by atoms with E-state index in [1.165, 1.54) is 38.3 Å². The largest absolute Gasteiger partial charge is 0.310 e. The molecule has 0 radical (unpaired) electrons. The van der Waals surface area contributed by atoms with Crippen molar-refractivity contribution >= 4 is 0 Å². The van der Waals surface area contributed by atoms with Gasteiger partial charge in [0.15, 0.2) is 0 Å². The molecule has 19 heavy (non-hydrogen) atoms. The minimum atomic E-state index is -0.232. The molecule has 1 saturated carbocycles. The molecule has 0 spiro atoms. The minimum Gasteiger partial charge on any atom is -0.310 e. The first-order chi connectivity index (χ1) is 9.26. The Labute approximate surface area is 115 Å². The smallest absolute Gasteiger partial charge is 0.141 e. The molecule has 1 aromatic rings. The maximum Gasteiger partial charge on any atom is 0.141 e. The maximum atomic E-state index is 13.4. The summed E-state index contributed by atoms with van der Waals surface area (Å²) in [4.78, 5) is 4.02. The first kappa shape index (κ1) is 14.4. The van der Waals surface area contributed by atoms with E-state index in [-0.39, 0.29) is 11.9 Å². The molecule has 106 valence electrons. The molecular weight excluding hydrogens is 239 g/mol. The van der Waals surface area contributed by atoms with Crippen LogP contribution in [0, 0.1) is 17.7 Å². The number of aromatic nitrogens is 1. The van der Waals surface area contributed by atoms with E-state index in [1.807, 2.05) is 6.20 Å². The van der Waals surface area contributed by atoms with Crippen LogP contribution in [0.5, 0.6) is 0 Å². The average Bonchev–Trinajstić information content (AvgIpc) is 2.45. The summed E-state index contributed by atoms with van der Waals surface area (Å²) in [6.07, 6.45) is 9.51. The predicted molar refractivity (Wildman–Crippen MR) is 76.4 cm³/mol. The normalized spacial score (nSPS) is 25.2. The highest BCUT2D eigenvalue weighted by Gasteiger charge is 2.31. The monoisotopic (exact) mass is 264 g/mol. The van der Waals surface area contributed by atoms with Gasteiger partial charge in [-0.25, -0.2) is 4.39 Å². The van der Waals surface area contributed by atoms with Gasteiger partial charge in [0, 0.05) is 12.2 Å². The first-order valence-corrected chi connectivity index (χ1v) is 7.60. The highest BCUT2D eigenvalue weighted by Crippen LogP contribution is 2.40. The minimum absolute atomic E-state index is 0.232. The maximum absolute atomic E-state index is 13.4. The Morgan fingerprint density at radius 2 is 2.11 bits per heavy atom. The van der Waals surface area contributed by atoms with Crippen molar-refractivity contribution in [3.8, 4) is 0 Å². The van der Waals surface area contributed by atoms with E-state index >= 15 is 0 Å². The van der Waals surface area contributed by atoms with Gasteiger partial charge in [-0.2, -0.15) is 0 Å². The number of halogens is 1. The Balaban J connectivity index is 2.23. The van der Waals surface area contributed by atoms with Crippen molar-refractivity contribution in [1.29, 1.82) is 0 Å². The molecule has 0 amide bonds. The van der Waals surface area contributed by atoms with Gasteiger partial charge in [0.25, 0.3) is 0 Å². The summed E-state index contributed by atoms with van der Waals surface area (Å²) >= 11 is 0. The van der Waals surface area contributed by atoms with Crippen LogP contribution >= 0.6 is 0 Å². The van der Waals surface area contributed by atoms with E-state index in [1.54, 1.807) is 6.07 Å². The van der Waals surface area contributed by atoms with E-state index < -0.39 is 0 Å². The van der Waals surface area contributed by atoms with Gasteiger partial charge in [0.1, 0.15) is 5.82 Å². The van der Waals surface area contributed by atoms with Crippen LogP contribution in [0.2, 0.25) is 0 Å². The second kappa shape index (κ2) is 6.99. The zero-order valence-electron chi connectivity index (χ0n) is 12.0. The first-order valence-electron chi connectivity index (χ1n) is 7.60. The molecule has 0 aliphatic heterocycles. The lowest BCUT2D eigenvalue weighted by atomic mass is 9.72. The number of hydrogen-bond donors (Lipinski definition) is 1. The second-order valence-electron chi connectivity index (χ2n) is 5.59. The highest BCUT2D eigenvalue weighted by atomic mass is 19.1. The van der Waals surface area contributed by atoms with Crippen LogP contribution in [0.15, 0.2) is 18.5 Å². The molecule has 1 aromatic heterocycles. The topological polar surface area (TPSA) is 24.9 Å². The van der Waals surface area contributed by atoms with E-state index in [4.69, 9.17) is 0 Å². The van der Waals surface area contributed by atoms with Gasteiger partial charge in [-0.1, -0.05) is 39.5 Å². The van der Waals surface area contributed by atoms with Crippen molar-refractivity contribution < 1.29 is 4.39 Å². The number of pyridine rings is 1. The molecule has 1 aliphatic rings. The number of rotatable bonds is 5. The summed E-state index contributed by atoms with van der Waals surface area (Å²) in [5.74, 6) is 1.13. The van der Waals surface area contributed by atoms with Gasteiger partial charge in [0.05, 0.1) is 6.20 Å². The Bertz CT molecular complexity index is 394. The Morgan fingerprint density at radius 3 is 2.79 bits per heavy atom. The zero-order chi connectivity index (χ0) is 13.7. The van der Waals surface area contributed by atoms with Crippen LogP contribution in [0.4, 0.5) is 4.39 Å². The van der Waals surface area contributed by atoms with Crippen molar-refractivity contribution in [1.82, 2.24) is 10.3 Å². The van der Waals surface area contributed by atoms with Gasteiger partial charge in [-0.15, -0.1) is 0 Å². The SMILES string of the molecule is CCNC(c1cncc(F)c1)C1CCCCC1CC. The summed E-state index contributed by atoms with van der Waals surface area (Å²) in [7, 11) is 0. The summed E-state index contributed by atoms with van der Waals surface area (Å²) in [5.41, 5.74) is 1.01. The third-order valence-corrected chi connectivity index (χ3v) is 4.43. The zero-order valence-corrected chi connectivity index (χ0v) is 12.0. The molecule has 2 nitrogen and oxygen atoms in total. The fourth-order valence-corrected chi connectivity index (χ4v) is 3.52. The highest BCUT2D eigenvalue weighted by molar-refractivity contribution is 5.17. The van der Waals surface area contributed by atoms with Crippen molar-refractivity contribution in [2.45, 2.75) is 52.0 Å². The van der Waals surface area contributed by atoms with E-state index in [0.717, 1.165) is 18.0 Å².